The van der Waals surface area contributed by atoms with Crippen molar-refractivity contribution in [3.63, 3.8) is 0 Å². The van der Waals surface area contributed by atoms with E-state index in [9.17, 15) is 4.79 Å². The van der Waals surface area contributed by atoms with E-state index in [0.29, 0.717) is 18.1 Å². The van der Waals surface area contributed by atoms with Crippen LogP contribution in [0.15, 0.2) is 18.3 Å². The number of Topliss-reactive ketones (excluding diaryl/α,β-unsaturated/α-hetero) is 1. The van der Waals surface area contributed by atoms with Crippen molar-refractivity contribution < 1.29 is 4.79 Å². The first-order valence-electron chi connectivity index (χ1n) is 7.35. The van der Waals surface area contributed by atoms with Crippen molar-refractivity contribution in [3.8, 4) is 0 Å². The Kier molecular flexibility index (Phi) is 4.56. The fraction of sp³-hybridized carbons (Fsp3) is 0.625. The summed E-state index contributed by atoms with van der Waals surface area (Å²) in [5, 5.41) is 0. The van der Waals surface area contributed by atoms with Gasteiger partial charge in [-0.25, -0.2) is 4.98 Å². The number of aromatic nitrogens is 1. The highest BCUT2D eigenvalue weighted by molar-refractivity contribution is 5.80. The molecule has 0 radical (unpaired) electrons. The predicted molar refractivity (Wildman–Crippen MR) is 78.6 cm³/mol. The molecule has 0 atom stereocenters. The van der Waals surface area contributed by atoms with Crippen molar-refractivity contribution in [2.45, 2.75) is 46.0 Å². The van der Waals surface area contributed by atoms with Crippen molar-refractivity contribution in [2.75, 3.05) is 18.0 Å². The van der Waals surface area contributed by atoms with Crippen molar-refractivity contribution in [2.24, 2.45) is 5.92 Å². The zero-order chi connectivity index (χ0) is 13.8. The van der Waals surface area contributed by atoms with Gasteiger partial charge in [-0.3, -0.25) is 4.79 Å². The van der Waals surface area contributed by atoms with E-state index in [1.807, 2.05) is 13.1 Å². The smallest absolute Gasteiger partial charge is 0.135 e. The van der Waals surface area contributed by atoms with Gasteiger partial charge in [-0.15, -0.1) is 0 Å². The van der Waals surface area contributed by atoms with Crippen LogP contribution in [0.5, 0.6) is 0 Å². The van der Waals surface area contributed by atoms with Gasteiger partial charge in [0, 0.05) is 31.6 Å². The average molecular weight is 260 g/mol. The molecule has 0 aromatic carbocycles. The number of ketones is 1. The van der Waals surface area contributed by atoms with Gasteiger partial charge in [0.05, 0.1) is 0 Å². The summed E-state index contributed by atoms with van der Waals surface area (Å²) in [6, 6.07) is 4.27. The fourth-order valence-corrected chi connectivity index (χ4v) is 2.65. The Morgan fingerprint density at radius 2 is 2.05 bits per heavy atom. The first-order valence-corrected chi connectivity index (χ1v) is 7.35. The second kappa shape index (κ2) is 6.18. The predicted octanol–water partition coefficient (Wildman–Crippen LogP) is 3.40. The summed E-state index contributed by atoms with van der Waals surface area (Å²) in [7, 11) is 0. The normalized spacial score (nSPS) is 16.9. The molecule has 0 amide bonds. The number of nitrogens with zero attached hydrogens (tertiary/aromatic N) is 2. The van der Waals surface area contributed by atoms with Crippen molar-refractivity contribution in [3.05, 3.63) is 23.9 Å². The minimum atomic E-state index is 0.274. The molecule has 1 aliphatic heterocycles. The van der Waals surface area contributed by atoms with Crippen LogP contribution < -0.4 is 4.90 Å². The van der Waals surface area contributed by atoms with E-state index in [4.69, 9.17) is 0 Å². The van der Waals surface area contributed by atoms with Crippen LogP contribution >= 0.6 is 0 Å². The van der Waals surface area contributed by atoms with Crippen LogP contribution in [-0.4, -0.2) is 23.9 Å². The quantitative estimate of drug-likeness (QED) is 0.832. The number of piperidine rings is 1. The highest BCUT2D eigenvalue weighted by Crippen LogP contribution is 2.24. The van der Waals surface area contributed by atoms with Gasteiger partial charge < -0.3 is 4.90 Å². The topological polar surface area (TPSA) is 33.2 Å². The number of carbonyl (C=O) groups is 1. The van der Waals surface area contributed by atoms with E-state index in [1.165, 1.54) is 5.56 Å². The molecule has 0 saturated carbocycles. The van der Waals surface area contributed by atoms with Gasteiger partial charge in [0.25, 0.3) is 0 Å². The molecule has 2 heterocycles. The maximum atomic E-state index is 11.7. The Morgan fingerprint density at radius 1 is 1.37 bits per heavy atom. The Labute approximate surface area is 116 Å². The molecule has 0 spiro atoms. The molecule has 19 heavy (non-hydrogen) atoms. The Balaban J connectivity index is 1.96. The molecule has 0 bridgehead atoms. The van der Waals surface area contributed by atoms with Gasteiger partial charge in [-0.1, -0.05) is 26.8 Å². The Bertz CT molecular complexity index is 417. The minimum Gasteiger partial charge on any atom is -0.357 e. The molecule has 1 aliphatic rings. The van der Waals surface area contributed by atoms with Gasteiger partial charge in [-0.05, 0) is 30.4 Å². The third-order valence-corrected chi connectivity index (χ3v) is 4.06. The largest absolute Gasteiger partial charge is 0.357 e. The van der Waals surface area contributed by atoms with Crippen LogP contribution in [0, 0.1) is 5.92 Å². The third-order valence-electron chi connectivity index (χ3n) is 4.06. The van der Waals surface area contributed by atoms with E-state index in [-0.39, 0.29) is 5.92 Å². The van der Waals surface area contributed by atoms with Crippen molar-refractivity contribution >= 4 is 11.6 Å². The summed E-state index contributed by atoms with van der Waals surface area (Å²) in [5.41, 5.74) is 1.28. The van der Waals surface area contributed by atoms with Crippen LogP contribution in [-0.2, 0) is 4.79 Å². The molecule has 2 rings (SSSR count). The summed E-state index contributed by atoms with van der Waals surface area (Å²) < 4.78 is 0. The van der Waals surface area contributed by atoms with E-state index in [2.05, 4.69) is 35.9 Å². The average Bonchev–Trinajstić information content (AvgIpc) is 2.46. The molecule has 0 aliphatic carbocycles. The number of pyridine rings is 1. The Hall–Kier alpha value is -1.38. The number of hydrogen-bond acceptors (Lipinski definition) is 3. The maximum Gasteiger partial charge on any atom is 0.135 e. The molecule has 104 valence electrons. The van der Waals surface area contributed by atoms with Crippen LogP contribution in [0.3, 0.4) is 0 Å². The molecule has 1 aromatic heterocycles. The lowest BCUT2D eigenvalue weighted by molar-refractivity contribution is -0.123. The highest BCUT2D eigenvalue weighted by Gasteiger charge is 2.24. The first-order chi connectivity index (χ1) is 9.11. The van der Waals surface area contributed by atoms with E-state index < -0.39 is 0 Å². The van der Waals surface area contributed by atoms with Crippen molar-refractivity contribution in [1.82, 2.24) is 4.98 Å². The minimum absolute atomic E-state index is 0.274. The standard InChI is InChI=1S/C16H24N2O/c1-4-15(19)13-7-9-18(10-8-13)16-6-5-14(11-17-16)12(2)3/h5-6,11-13H,4,7-10H2,1-3H3. The number of hydrogen-bond donors (Lipinski definition) is 0. The zero-order valence-corrected chi connectivity index (χ0v) is 12.2. The number of rotatable bonds is 4. The lowest BCUT2D eigenvalue weighted by atomic mass is 9.91. The molecule has 0 unspecified atom stereocenters. The second-order valence-corrected chi connectivity index (χ2v) is 5.69. The third kappa shape index (κ3) is 3.34. The summed E-state index contributed by atoms with van der Waals surface area (Å²) in [6.07, 6.45) is 4.59. The second-order valence-electron chi connectivity index (χ2n) is 5.69. The lowest BCUT2D eigenvalue weighted by Crippen LogP contribution is -2.36. The summed E-state index contributed by atoms with van der Waals surface area (Å²) in [5.74, 6) is 2.26. The summed E-state index contributed by atoms with van der Waals surface area (Å²) >= 11 is 0. The van der Waals surface area contributed by atoms with Crippen LogP contribution in [0.4, 0.5) is 5.82 Å². The van der Waals surface area contributed by atoms with E-state index in [0.717, 1.165) is 31.7 Å². The van der Waals surface area contributed by atoms with Crippen LogP contribution in [0.1, 0.15) is 51.5 Å². The molecular formula is C16H24N2O. The molecule has 0 N–H and O–H groups in total. The van der Waals surface area contributed by atoms with Crippen LogP contribution in [0.2, 0.25) is 0 Å². The molecule has 1 aromatic rings. The maximum absolute atomic E-state index is 11.7. The number of carbonyl (C=O) groups excluding carboxylic acids is 1. The van der Waals surface area contributed by atoms with Gasteiger partial charge in [0.2, 0.25) is 0 Å². The molecule has 3 nitrogen and oxygen atoms in total. The SMILES string of the molecule is CCC(=O)C1CCN(c2ccc(C(C)C)cn2)CC1. The van der Waals surface area contributed by atoms with Gasteiger partial charge >= 0.3 is 0 Å². The molecule has 1 fully saturated rings. The van der Waals surface area contributed by atoms with Crippen molar-refractivity contribution in [1.29, 1.82) is 0 Å². The van der Waals surface area contributed by atoms with E-state index >= 15 is 0 Å². The summed E-state index contributed by atoms with van der Waals surface area (Å²) in [6.45, 7) is 8.22. The molecule has 1 saturated heterocycles. The van der Waals surface area contributed by atoms with Gasteiger partial charge in [-0.2, -0.15) is 0 Å². The number of anilines is 1. The Morgan fingerprint density at radius 3 is 2.53 bits per heavy atom. The van der Waals surface area contributed by atoms with Gasteiger partial charge in [0.1, 0.15) is 11.6 Å². The monoisotopic (exact) mass is 260 g/mol. The highest BCUT2D eigenvalue weighted by atomic mass is 16.1. The van der Waals surface area contributed by atoms with Crippen LogP contribution in [0.25, 0.3) is 0 Å². The van der Waals surface area contributed by atoms with E-state index in [1.54, 1.807) is 0 Å². The fourth-order valence-electron chi connectivity index (χ4n) is 2.65. The summed E-state index contributed by atoms with van der Waals surface area (Å²) in [4.78, 5) is 18.5. The molecule has 3 heteroatoms. The first kappa shape index (κ1) is 14.0. The van der Waals surface area contributed by atoms with Gasteiger partial charge in [0.15, 0.2) is 0 Å². The zero-order valence-electron chi connectivity index (χ0n) is 12.2. The lowest BCUT2D eigenvalue weighted by Gasteiger charge is -2.32. The molecular weight excluding hydrogens is 236 g/mol.